The van der Waals surface area contributed by atoms with E-state index in [2.05, 4.69) is 27.5 Å². The van der Waals surface area contributed by atoms with Gasteiger partial charge in [-0.2, -0.15) is 0 Å². The molecule has 0 aromatic carbocycles. The molecule has 2 heterocycles. The number of hydrogen-bond acceptors (Lipinski definition) is 5. The number of anilines is 1. The maximum absolute atomic E-state index is 12.1. The summed E-state index contributed by atoms with van der Waals surface area (Å²) in [7, 11) is 1.54. The quantitative estimate of drug-likeness (QED) is 0.886. The fourth-order valence-electron chi connectivity index (χ4n) is 1.90. The van der Waals surface area contributed by atoms with Gasteiger partial charge in [-0.15, -0.1) is 11.3 Å². The number of pyridine rings is 1. The van der Waals surface area contributed by atoms with Gasteiger partial charge in [-0.05, 0) is 32.4 Å². The van der Waals surface area contributed by atoms with Gasteiger partial charge >= 0.3 is 6.03 Å². The molecule has 0 fully saturated rings. The number of amides is 2. The van der Waals surface area contributed by atoms with Crippen LogP contribution in [-0.4, -0.2) is 23.1 Å². The van der Waals surface area contributed by atoms with Crippen molar-refractivity contribution < 1.29 is 9.53 Å². The molecule has 0 saturated heterocycles. The summed E-state index contributed by atoms with van der Waals surface area (Å²) in [6.07, 6.45) is 0.897. The molecule has 22 heavy (non-hydrogen) atoms. The van der Waals surface area contributed by atoms with Crippen LogP contribution in [0, 0.1) is 6.92 Å². The summed E-state index contributed by atoms with van der Waals surface area (Å²) in [6, 6.07) is 3.09. The molecule has 0 aliphatic carbocycles. The molecule has 2 amide bonds. The minimum atomic E-state index is -0.338. The van der Waals surface area contributed by atoms with Gasteiger partial charge in [-0.3, -0.25) is 5.32 Å². The molecule has 7 heteroatoms. The second-order valence-electron chi connectivity index (χ2n) is 4.84. The third-order valence-electron chi connectivity index (χ3n) is 3.11. The van der Waals surface area contributed by atoms with Gasteiger partial charge in [0.1, 0.15) is 0 Å². The van der Waals surface area contributed by atoms with E-state index in [0.29, 0.717) is 11.6 Å². The molecule has 118 valence electrons. The molecule has 2 aromatic rings. The van der Waals surface area contributed by atoms with Crippen molar-refractivity contribution in [2.45, 2.75) is 33.2 Å². The molecule has 2 rings (SSSR count). The van der Waals surface area contributed by atoms with E-state index < -0.39 is 0 Å². The highest BCUT2D eigenvalue weighted by molar-refractivity contribution is 7.09. The molecule has 0 aliphatic heterocycles. The Morgan fingerprint density at radius 1 is 1.41 bits per heavy atom. The van der Waals surface area contributed by atoms with Crippen LogP contribution in [0.25, 0.3) is 0 Å². The zero-order valence-corrected chi connectivity index (χ0v) is 14.0. The Morgan fingerprint density at radius 3 is 2.82 bits per heavy atom. The molecule has 2 N–H and O–H groups in total. The predicted octanol–water partition coefficient (Wildman–Crippen LogP) is 3.30. The average molecular weight is 320 g/mol. The van der Waals surface area contributed by atoms with Crippen LogP contribution in [0.2, 0.25) is 0 Å². The molecular formula is C15H20N4O2S. The summed E-state index contributed by atoms with van der Waals surface area (Å²) in [4.78, 5) is 20.9. The summed E-state index contributed by atoms with van der Waals surface area (Å²) < 4.78 is 5.19. The largest absolute Gasteiger partial charge is 0.493 e. The molecule has 0 aliphatic rings. The van der Waals surface area contributed by atoms with Crippen molar-refractivity contribution in [2.75, 3.05) is 12.4 Å². The molecule has 0 radical (unpaired) electrons. The second kappa shape index (κ2) is 7.22. The van der Waals surface area contributed by atoms with Gasteiger partial charge in [-0.25, -0.2) is 14.8 Å². The number of aryl methyl sites for hydroxylation is 2. The summed E-state index contributed by atoms with van der Waals surface area (Å²) >= 11 is 1.60. The predicted molar refractivity (Wildman–Crippen MR) is 87.6 cm³/mol. The van der Waals surface area contributed by atoms with Gasteiger partial charge in [0.25, 0.3) is 0 Å². The van der Waals surface area contributed by atoms with Crippen LogP contribution in [0.15, 0.2) is 17.5 Å². The van der Waals surface area contributed by atoms with Gasteiger partial charge in [0, 0.05) is 11.1 Å². The van der Waals surface area contributed by atoms with Crippen molar-refractivity contribution in [1.82, 2.24) is 15.3 Å². The van der Waals surface area contributed by atoms with E-state index in [1.165, 1.54) is 0 Å². The van der Waals surface area contributed by atoms with E-state index in [-0.39, 0.29) is 12.1 Å². The normalized spacial score (nSPS) is 11.8. The maximum Gasteiger partial charge on any atom is 0.321 e. The molecular weight excluding hydrogens is 300 g/mol. The first kappa shape index (κ1) is 16.2. The lowest BCUT2D eigenvalue weighted by Gasteiger charge is -2.14. The van der Waals surface area contributed by atoms with Crippen molar-refractivity contribution in [3.63, 3.8) is 0 Å². The Balaban J connectivity index is 2.02. The number of nitrogens with zero attached hydrogens (tertiary/aromatic N) is 2. The van der Waals surface area contributed by atoms with Crippen LogP contribution >= 0.6 is 11.3 Å². The van der Waals surface area contributed by atoms with E-state index in [9.17, 15) is 4.79 Å². The highest BCUT2D eigenvalue weighted by Gasteiger charge is 2.14. The lowest BCUT2D eigenvalue weighted by molar-refractivity contribution is 0.249. The monoisotopic (exact) mass is 320 g/mol. The van der Waals surface area contributed by atoms with Crippen molar-refractivity contribution in [1.29, 1.82) is 0 Å². The number of nitrogens with one attached hydrogen (secondary N) is 2. The Labute approximate surface area is 133 Å². The Hall–Kier alpha value is -2.15. The zero-order valence-electron chi connectivity index (χ0n) is 13.1. The van der Waals surface area contributed by atoms with Crippen LogP contribution in [0.4, 0.5) is 10.6 Å². The Bertz CT molecular complexity index is 657. The van der Waals surface area contributed by atoms with Crippen LogP contribution in [0.3, 0.4) is 0 Å². The number of aromatic nitrogens is 2. The summed E-state index contributed by atoms with van der Waals surface area (Å²) in [5.41, 5.74) is 1.66. The minimum absolute atomic E-state index is 0.174. The van der Waals surface area contributed by atoms with Crippen molar-refractivity contribution in [2.24, 2.45) is 0 Å². The summed E-state index contributed by atoms with van der Waals surface area (Å²) in [6.45, 7) is 5.81. The lowest BCUT2D eigenvalue weighted by atomic mass is 10.2. The summed E-state index contributed by atoms with van der Waals surface area (Å²) in [5, 5.41) is 8.59. The van der Waals surface area contributed by atoms with Crippen molar-refractivity contribution in [3.05, 3.63) is 33.9 Å². The number of hydrogen-bond donors (Lipinski definition) is 2. The highest BCUT2D eigenvalue weighted by atomic mass is 32.1. The Kier molecular flexibility index (Phi) is 5.32. The third-order valence-corrected chi connectivity index (χ3v) is 4.12. The van der Waals surface area contributed by atoms with Gasteiger partial charge in [-0.1, -0.05) is 6.92 Å². The first-order valence-electron chi connectivity index (χ1n) is 7.07. The van der Waals surface area contributed by atoms with E-state index in [0.717, 1.165) is 22.8 Å². The number of thiazole rings is 1. The molecule has 0 saturated carbocycles. The number of ether oxygens (including phenoxy) is 1. The van der Waals surface area contributed by atoms with E-state index in [4.69, 9.17) is 4.74 Å². The topological polar surface area (TPSA) is 76.1 Å². The van der Waals surface area contributed by atoms with Gasteiger partial charge < -0.3 is 10.1 Å². The van der Waals surface area contributed by atoms with E-state index >= 15 is 0 Å². The molecule has 2 aromatic heterocycles. The van der Waals surface area contributed by atoms with Crippen LogP contribution < -0.4 is 15.4 Å². The lowest BCUT2D eigenvalue weighted by Crippen LogP contribution is -2.31. The number of urea groups is 1. The number of methoxy groups -OCH3 is 1. The van der Waals surface area contributed by atoms with Gasteiger partial charge in [0.05, 0.1) is 23.9 Å². The summed E-state index contributed by atoms with van der Waals surface area (Å²) in [5.74, 6) is 0.926. The number of carbonyl (C=O) groups is 1. The van der Waals surface area contributed by atoms with Crippen molar-refractivity contribution >= 4 is 23.2 Å². The zero-order chi connectivity index (χ0) is 16.1. The van der Waals surface area contributed by atoms with Crippen LogP contribution in [0.1, 0.15) is 36.3 Å². The SMILES string of the molecule is CCc1nc([C@@H](C)NC(=O)Nc2nc(C)ccc2OC)cs1. The van der Waals surface area contributed by atoms with Crippen LogP contribution in [-0.2, 0) is 6.42 Å². The van der Waals surface area contributed by atoms with Crippen molar-refractivity contribution in [3.8, 4) is 5.75 Å². The fourth-order valence-corrected chi connectivity index (χ4v) is 2.74. The molecule has 0 spiro atoms. The average Bonchev–Trinajstić information content (AvgIpc) is 2.96. The van der Waals surface area contributed by atoms with Gasteiger partial charge in [0.2, 0.25) is 0 Å². The van der Waals surface area contributed by atoms with E-state index in [1.807, 2.05) is 25.3 Å². The fraction of sp³-hybridized carbons (Fsp3) is 0.400. The van der Waals surface area contributed by atoms with Crippen LogP contribution in [0.5, 0.6) is 5.75 Å². The molecule has 0 bridgehead atoms. The standard InChI is InChI=1S/C15H20N4O2S/c1-5-13-18-11(8-22-13)10(3)17-15(20)19-14-12(21-4)7-6-9(2)16-14/h6-8,10H,5H2,1-4H3,(H2,16,17,19,20)/t10-/m1/s1. The van der Waals surface area contributed by atoms with E-state index in [1.54, 1.807) is 24.5 Å². The number of rotatable bonds is 5. The maximum atomic E-state index is 12.1. The van der Waals surface area contributed by atoms with Gasteiger partial charge in [0.15, 0.2) is 11.6 Å². The first-order valence-corrected chi connectivity index (χ1v) is 7.95. The smallest absolute Gasteiger partial charge is 0.321 e. The Morgan fingerprint density at radius 2 is 2.18 bits per heavy atom. The molecule has 6 nitrogen and oxygen atoms in total. The minimum Gasteiger partial charge on any atom is -0.493 e. The molecule has 1 atom stereocenters. The number of carbonyl (C=O) groups excluding carboxylic acids is 1. The second-order valence-corrected chi connectivity index (χ2v) is 5.79. The highest BCUT2D eigenvalue weighted by Crippen LogP contribution is 2.22. The first-order chi connectivity index (χ1) is 10.5. The molecule has 0 unspecified atom stereocenters. The third kappa shape index (κ3) is 3.94.